The minimum absolute atomic E-state index is 0.00670. The second kappa shape index (κ2) is 5.85. The molecule has 0 radical (unpaired) electrons. The van der Waals surface area contributed by atoms with E-state index in [2.05, 4.69) is 13.8 Å². The molecular formula is C16H24N4O3. The molecule has 2 atom stereocenters. The van der Waals surface area contributed by atoms with Crippen molar-refractivity contribution >= 4 is 5.82 Å². The van der Waals surface area contributed by atoms with Gasteiger partial charge in [-0.1, -0.05) is 13.8 Å². The Bertz CT molecular complexity index is 769. The number of nitrogens with zero attached hydrogens (tertiary/aromatic N) is 4. The van der Waals surface area contributed by atoms with Crippen molar-refractivity contribution in [3.63, 3.8) is 0 Å². The van der Waals surface area contributed by atoms with Gasteiger partial charge in [-0.05, 0) is 13.3 Å². The Labute approximate surface area is 135 Å². The number of rotatable bonds is 4. The van der Waals surface area contributed by atoms with E-state index in [1.54, 1.807) is 7.05 Å². The maximum atomic E-state index is 12.2. The number of hydrogen-bond donors (Lipinski definition) is 0. The molecule has 1 fully saturated rings. The fourth-order valence-electron chi connectivity index (χ4n) is 3.50. The lowest BCUT2D eigenvalue weighted by atomic mass is 9.63. The van der Waals surface area contributed by atoms with Crippen molar-refractivity contribution < 1.29 is 4.74 Å². The van der Waals surface area contributed by atoms with Crippen LogP contribution in [0.25, 0.3) is 0 Å². The first kappa shape index (κ1) is 17.3. The summed E-state index contributed by atoms with van der Waals surface area (Å²) in [5.74, 6) is 0.369. The summed E-state index contributed by atoms with van der Waals surface area (Å²) in [7, 11) is 4.79. The maximum Gasteiger partial charge on any atom is 0.332 e. The summed E-state index contributed by atoms with van der Waals surface area (Å²) in [5, 5.41) is 9.40. The summed E-state index contributed by atoms with van der Waals surface area (Å²) in [6.07, 6.45) is 0.931. The highest BCUT2D eigenvalue weighted by molar-refractivity contribution is 5.54. The highest BCUT2D eigenvalue weighted by Gasteiger charge is 2.51. The predicted octanol–water partition coefficient (Wildman–Crippen LogP) is 0.595. The Balaban J connectivity index is 2.50. The van der Waals surface area contributed by atoms with Crippen LogP contribution in [-0.4, -0.2) is 34.9 Å². The van der Waals surface area contributed by atoms with Crippen LogP contribution in [0.3, 0.4) is 0 Å². The van der Waals surface area contributed by atoms with Gasteiger partial charge in [0.25, 0.3) is 5.56 Å². The summed E-state index contributed by atoms with van der Waals surface area (Å²) in [5.41, 5.74) is -1.13. The third-order valence-electron chi connectivity index (χ3n) is 5.04. The lowest BCUT2D eigenvalue weighted by Gasteiger charge is -2.55. The summed E-state index contributed by atoms with van der Waals surface area (Å²) in [4.78, 5) is 26.3. The van der Waals surface area contributed by atoms with Crippen molar-refractivity contribution in [3.05, 3.63) is 26.4 Å². The van der Waals surface area contributed by atoms with E-state index >= 15 is 0 Å². The molecule has 1 aromatic rings. The van der Waals surface area contributed by atoms with E-state index in [9.17, 15) is 14.9 Å². The molecule has 7 nitrogen and oxygen atoms in total. The van der Waals surface area contributed by atoms with Crippen molar-refractivity contribution in [1.29, 1.82) is 5.26 Å². The molecule has 7 heteroatoms. The first-order chi connectivity index (χ1) is 10.7. The quantitative estimate of drug-likeness (QED) is 0.811. The van der Waals surface area contributed by atoms with E-state index in [1.165, 1.54) is 11.6 Å². The van der Waals surface area contributed by atoms with Gasteiger partial charge < -0.3 is 9.64 Å². The Morgan fingerprint density at radius 1 is 1.35 bits per heavy atom. The number of hydrogen-bond acceptors (Lipinski definition) is 5. The van der Waals surface area contributed by atoms with Gasteiger partial charge in [-0.3, -0.25) is 13.9 Å². The van der Waals surface area contributed by atoms with Crippen LogP contribution in [0.5, 0.6) is 0 Å². The molecular weight excluding hydrogens is 296 g/mol. The van der Waals surface area contributed by atoms with E-state index in [-0.39, 0.29) is 23.1 Å². The van der Waals surface area contributed by atoms with Gasteiger partial charge in [-0.25, -0.2) is 4.79 Å². The summed E-state index contributed by atoms with van der Waals surface area (Å²) >= 11 is 0. The molecule has 1 heterocycles. The predicted molar refractivity (Wildman–Crippen MR) is 87.6 cm³/mol. The molecule has 0 bridgehead atoms. The van der Waals surface area contributed by atoms with Crippen LogP contribution in [0.2, 0.25) is 0 Å². The number of anilines is 1. The van der Waals surface area contributed by atoms with E-state index in [1.807, 2.05) is 24.9 Å². The molecule has 126 valence electrons. The van der Waals surface area contributed by atoms with Crippen molar-refractivity contribution in [2.45, 2.75) is 39.3 Å². The Morgan fingerprint density at radius 2 is 1.96 bits per heavy atom. The Hall–Kier alpha value is -2.07. The zero-order valence-corrected chi connectivity index (χ0v) is 14.6. The van der Waals surface area contributed by atoms with Crippen molar-refractivity contribution in [2.75, 3.05) is 18.6 Å². The fraction of sp³-hybridized carbons (Fsp3) is 0.688. The molecule has 0 aliphatic heterocycles. The smallest absolute Gasteiger partial charge is 0.332 e. The Morgan fingerprint density at radius 3 is 2.43 bits per heavy atom. The molecule has 0 unspecified atom stereocenters. The van der Waals surface area contributed by atoms with Crippen LogP contribution in [0.4, 0.5) is 5.82 Å². The Kier molecular flexibility index (Phi) is 4.40. The van der Waals surface area contributed by atoms with Gasteiger partial charge in [0.15, 0.2) is 5.56 Å². The second-order valence-corrected chi connectivity index (χ2v) is 6.64. The first-order valence-electron chi connectivity index (χ1n) is 7.73. The van der Waals surface area contributed by atoms with E-state index in [0.717, 1.165) is 11.0 Å². The number of ether oxygens (including phenoxy) is 1. The summed E-state index contributed by atoms with van der Waals surface area (Å²) < 4.78 is 8.06. The minimum atomic E-state index is -0.559. The molecule has 1 aliphatic carbocycles. The molecule has 0 aromatic carbocycles. The molecule has 0 N–H and O–H groups in total. The van der Waals surface area contributed by atoms with Crippen molar-refractivity contribution in [1.82, 2.24) is 9.13 Å². The van der Waals surface area contributed by atoms with Gasteiger partial charge in [-0.15, -0.1) is 0 Å². The number of nitriles is 1. The van der Waals surface area contributed by atoms with E-state index < -0.39 is 11.2 Å². The lowest BCUT2D eigenvalue weighted by Crippen LogP contribution is -2.62. The van der Waals surface area contributed by atoms with Crippen LogP contribution < -0.4 is 16.1 Å². The molecule has 1 saturated carbocycles. The third-order valence-corrected chi connectivity index (χ3v) is 5.04. The van der Waals surface area contributed by atoms with Crippen LogP contribution in [0, 0.1) is 16.7 Å². The highest BCUT2D eigenvalue weighted by atomic mass is 16.5. The van der Waals surface area contributed by atoms with Crippen molar-refractivity contribution in [3.8, 4) is 6.07 Å². The van der Waals surface area contributed by atoms with E-state index in [4.69, 9.17) is 4.74 Å². The van der Waals surface area contributed by atoms with Crippen LogP contribution in [0.1, 0.15) is 32.8 Å². The lowest BCUT2D eigenvalue weighted by molar-refractivity contribution is -0.104. The maximum absolute atomic E-state index is 12.2. The van der Waals surface area contributed by atoms with Gasteiger partial charge in [0.05, 0.1) is 6.10 Å². The van der Waals surface area contributed by atoms with Crippen LogP contribution in [-0.2, 0) is 18.8 Å². The van der Waals surface area contributed by atoms with Crippen LogP contribution in [0.15, 0.2) is 9.59 Å². The second-order valence-electron chi connectivity index (χ2n) is 6.64. The SMILES string of the molecule is CCO[C@@H]1C[C@@H](N(C)c2c(C#N)c(=O)n(C)c(=O)n2C)C1(C)C. The molecule has 0 saturated heterocycles. The van der Waals surface area contributed by atoms with Gasteiger partial charge in [-0.2, -0.15) is 5.26 Å². The third kappa shape index (κ3) is 2.47. The first-order valence-corrected chi connectivity index (χ1v) is 7.73. The molecule has 23 heavy (non-hydrogen) atoms. The summed E-state index contributed by atoms with van der Waals surface area (Å²) in [6, 6.07) is 2.04. The normalized spacial score (nSPS) is 22.3. The van der Waals surface area contributed by atoms with Crippen LogP contribution >= 0.6 is 0 Å². The fourth-order valence-corrected chi connectivity index (χ4v) is 3.50. The van der Waals surface area contributed by atoms with Gasteiger partial charge in [0.1, 0.15) is 11.9 Å². The average molecular weight is 320 g/mol. The van der Waals surface area contributed by atoms with Gasteiger partial charge in [0.2, 0.25) is 0 Å². The van der Waals surface area contributed by atoms with Crippen molar-refractivity contribution in [2.24, 2.45) is 19.5 Å². The van der Waals surface area contributed by atoms with E-state index in [0.29, 0.717) is 12.4 Å². The average Bonchev–Trinajstić information content (AvgIpc) is 2.51. The monoisotopic (exact) mass is 320 g/mol. The molecule has 0 spiro atoms. The standard InChI is InChI=1S/C16H24N4O3/c1-7-23-12-8-11(16(12,2)3)18(4)13-10(9-17)14(21)20(6)15(22)19(13)5/h11-12H,7-8H2,1-6H3/t11-,12-/m1/s1. The molecule has 0 amide bonds. The topological polar surface area (TPSA) is 80.3 Å². The van der Waals surface area contributed by atoms with Gasteiger partial charge in [0, 0.05) is 39.2 Å². The highest BCUT2D eigenvalue weighted by Crippen LogP contribution is 2.46. The summed E-state index contributed by atoms with van der Waals surface area (Å²) in [6.45, 7) is 6.82. The minimum Gasteiger partial charge on any atom is -0.378 e. The molecule has 1 aromatic heterocycles. The molecule has 2 rings (SSSR count). The number of aromatic nitrogens is 2. The zero-order chi connectivity index (χ0) is 17.5. The molecule has 1 aliphatic rings. The zero-order valence-electron chi connectivity index (χ0n) is 14.6. The largest absolute Gasteiger partial charge is 0.378 e. The van der Waals surface area contributed by atoms with Gasteiger partial charge >= 0.3 is 5.69 Å².